The van der Waals surface area contributed by atoms with Crippen molar-refractivity contribution >= 4 is 5.82 Å². The highest BCUT2D eigenvalue weighted by molar-refractivity contribution is 5.41. The van der Waals surface area contributed by atoms with Gasteiger partial charge in [-0.05, 0) is 24.6 Å². The Labute approximate surface area is 84.7 Å². The average Bonchev–Trinajstić information content (AvgIpc) is 2.18. The molecule has 0 aliphatic heterocycles. The Balaban J connectivity index is 2.87. The van der Waals surface area contributed by atoms with E-state index in [9.17, 15) is 5.11 Å². The van der Waals surface area contributed by atoms with Crippen LogP contribution in [0.25, 0.3) is 0 Å². The predicted molar refractivity (Wildman–Crippen MR) is 58.3 cm³/mol. The summed E-state index contributed by atoms with van der Waals surface area (Å²) < 4.78 is 0. The van der Waals surface area contributed by atoms with E-state index in [1.807, 2.05) is 30.2 Å². The lowest BCUT2D eigenvalue weighted by Gasteiger charge is -2.17. The van der Waals surface area contributed by atoms with Crippen LogP contribution in [0.5, 0.6) is 0 Å². The van der Waals surface area contributed by atoms with Gasteiger partial charge in [0.15, 0.2) is 0 Å². The molecular weight excluding hydrogens is 176 g/mol. The number of aromatic nitrogens is 1. The second kappa shape index (κ2) is 4.77. The van der Waals surface area contributed by atoms with Gasteiger partial charge in [0.05, 0.1) is 6.10 Å². The van der Waals surface area contributed by atoms with Crippen LogP contribution >= 0.6 is 0 Å². The first-order valence-corrected chi connectivity index (χ1v) is 4.61. The maximum Gasteiger partial charge on any atom is 0.128 e. The summed E-state index contributed by atoms with van der Waals surface area (Å²) in [5.41, 5.74) is 0.880. The summed E-state index contributed by atoms with van der Waals surface area (Å²) >= 11 is 0. The predicted octanol–water partition coefficient (Wildman–Crippen LogP) is 1.76. The Bertz CT molecular complexity index is 310. The van der Waals surface area contributed by atoms with Gasteiger partial charge in [-0.1, -0.05) is 6.08 Å². The van der Waals surface area contributed by atoms with Gasteiger partial charge in [0.1, 0.15) is 5.82 Å². The topological polar surface area (TPSA) is 36.4 Å². The largest absolute Gasteiger partial charge is 0.389 e. The van der Waals surface area contributed by atoms with Gasteiger partial charge in [-0.2, -0.15) is 0 Å². The van der Waals surface area contributed by atoms with Crippen molar-refractivity contribution in [3.05, 3.63) is 36.5 Å². The Hall–Kier alpha value is -1.35. The number of aliphatic hydroxyl groups is 1. The van der Waals surface area contributed by atoms with Crippen LogP contribution in [0.4, 0.5) is 5.82 Å². The summed E-state index contributed by atoms with van der Waals surface area (Å²) in [5, 5.41) is 9.39. The van der Waals surface area contributed by atoms with Crippen LogP contribution < -0.4 is 4.90 Å². The van der Waals surface area contributed by atoms with E-state index in [4.69, 9.17) is 0 Å². The third kappa shape index (κ3) is 2.57. The molecule has 3 nitrogen and oxygen atoms in total. The molecule has 0 bridgehead atoms. The lowest BCUT2D eigenvalue weighted by Crippen LogP contribution is -2.18. The molecule has 0 aromatic carbocycles. The molecule has 1 N–H and O–H groups in total. The summed E-state index contributed by atoms with van der Waals surface area (Å²) in [4.78, 5) is 6.18. The zero-order valence-electron chi connectivity index (χ0n) is 8.64. The molecule has 1 aromatic rings. The first-order valence-electron chi connectivity index (χ1n) is 4.61. The molecule has 0 saturated carbocycles. The summed E-state index contributed by atoms with van der Waals surface area (Å²) in [6.07, 6.45) is 3.07. The molecule has 0 aliphatic rings. The summed E-state index contributed by atoms with van der Waals surface area (Å²) in [6.45, 7) is 6.15. The van der Waals surface area contributed by atoms with Gasteiger partial charge >= 0.3 is 0 Å². The number of rotatable bonds is 4. The molecule has 1 atom stereocenters. The number of pyridine rings is 1. The molecule has 0 radical (unpaired) electrons. The molecule has 0 spiro atoms. The van der Waals surface area contributed by atoms with Crippen molar-refractivity contribution in [2.24, 2.45) is 0 Å². The number of aliphatic hydroxyl groups excluding tert-OH is 1. The van der Waals surface area contributed by atoms with Crippen LogP contribution in [-0.4, -0.2) is 23.7 Å². The number of likely N-dealkylation sites (N-methyl/N-ethyl adjacent to an activating group) is 1. The summed E-state index contributed by atoms with van der Waals surface area (Å²) in [5.74, 6) is 0.850. The van der Waals surface area contributed by atoms with Crippen molar-refractivity contribution in [2.45, 2.75) is 13.0 Å². The van der Waals surface area contributed by atoms with E-state index < -0.39 is 6.10 Å². The van der Waals surface area contributed by atoms with Crippen LogP contribution in [0.1, 0.15) is 18.6 Å². The molecule has 0 saturated heterocycles. The summed E-state index contributed by atoms with van der Waals surface area (Å²) in [6, 6.07) is 3.70. The van der Waals surface area contributed by atoms with Gasteiger partial charge in [0.2, 0.25) is 0 Å². The lowest BCUT2D eigenvalue weighted by molar-refractivity contribution is 0.199. The van der Waals surface area contributed by atoms with Crippen molar-refractivity contribution in [1.29, 1.82) is 0 Å². The number of nitrogens with zero attached hydrogens (tertiary/aromatic N) is 2. The SMILES string of the molecule is C=CCN(C)c1cc([C@@H](C)O)ccn1. The summed E-state index contributed by atoms with van der Waals surface area (Å²) in [7, 11) is 1.94. The molecule has 0 amide bonds. The second-order valence-electron chi connectivity index (χ2n) is 3.29. The van der Waals surface area contributed by atoms with Crippen molar-refractivity contribution in [3.63, 3.8) is 0 Å². The minimum atomic E-state index is -0.450. The van der Waals surface area contributed by atoms with E-state index in [-0.39, 0.29) is 0 Å². The number of hydrogen-bond acceptors (Lipinski definition) is 3. The zero-order valence-corrected chi connectivity index (χ0v) is 8.64. The number of anilines is 1. The van der Waals surface area contributed by atoms with Crippen LogP contribution in [0.3, 0.4) is 0 Å². The minimum Gasteiger partial charge on any atom is -0.389 e. The average molecular weight is 192 g/mol. The first kappa shape index (κ1) is 10.7. The van der Waals surface area contributed by atoms with E-state index in [2.05, 4.69) is 11.6 Å². The Morgan fingerprint density at radius 1 is 1.71 bits per heavy atom. The molecular formula is C11H16N2O. The fourth-order valence-corrected chi connectivity index (χ4v) is 1.19. The van der Waals surface area contributed by atoms with Crippen LogP contribution in [0.2, 0.25) is 0 Å². The lowest BCUT2D eigenvalue weighted by atomic mass is 10.2. The normalized spacial score (nSPS) is 12.2. The molecule has 76 valence electrons. The van der Waals surface area contributed by atoms with Crippen molar-refractivity contribution in [1.82, 2.24) is 4.98 Å². The monoisotopic (exact) mass is 192 g/mol. The van der Waals surface area contributed by atoms with Gasteiger partial charge in [0.25, 0.3) is 0 Å². The standard InChI is InChI=1S/C11H16N2O/c1-4-7-13(3)11-8-10(9(2)14)5-6-12-11/h4-6,8-9,14H,1,7H2,2-3H3/t9-/m1/s1. The Kier molecular flexibility index (Phi) is 3.65. The zero-order chi connectivity index (χ0) is 10.6. The van der Waals surface area contributed by atoms with Gasteiger partial charge in [-0.3, -0.25) is 0 Å². The van der Waals surface area contributed by atoms with E-state index in [1.54, 1.807) is 13.1 Å². The van der Waals surface area contributed by atoms with Crippen molar-refractivity contribution in [3.8, 4) is 0 Å². The van der Waals surface area contributed by atoms with E-state index in [0.717, 1.165) is 17.9 Å². The van der Waals surface area contributed by atoms with Crippen LogP contribution in [0, 0.1) is 0 Å². The molecule has 1 aromatic heterocycles. The fraction of sp³-hybridized carbons (Fsp3) is 0.364. The van der Waals surface area contributed by atoms with E-state index in [1.165, 1.54) is 0 Å². The molecule has 3 heteroatoms. The third-order valence-corrected chi connectivity index (χ3v) is 2.05. The molecule has 0 unspecified atom stereocenters. The highest BCUT2D eigenvalue weighted by atomic mass is 16.3. The molecule has 1 heterocycles. The molecule has 0 aliphatic carbocycles. The van der Waals surface area contributed by atoms with Gasteiger partial charge in [-0.25, -0.2) is 4.98 Å². The third-order valence-electron chi connectivity index (χ3n) is 2.05. The second-order valence-corrected chi connectivity index (χ2v) is 3.29. The van der Waals surface area contributed by atoms with Crippen LogP contribution in [-0.2, 0) is 0 Å². The van der Waals surface area contributed by atoms with Gasteiger partial charge in [0, 0.05) is 19.8 Å². The molecule has 1 rings (SSSR count). The molecule has 14 heavy (non-hydrogen) atoms. The van der Waals surface area contributed by atoms with E-state index >= 15 is 0 Å². The van der Waals surface area contributed by atoms with Crippen molar-refractivity contribution < 1.29 is 5.11 Å². The quantitative estimate of drug-likeness (QED) is 0.738. The highest BCUT2D eigenvalue weighted by Gasteiger charge is 2.04. The van der Waals surface area contributed by atoms with Gasteiger partial charge < -0.3 is 10.0 Å². The first-order chi connectivity index (χ1) is 6.65. The van der Waals surface area contributed by atoms with Crippen molar-refractivity contribution in [2.75, 3.05) is 18.5 Å². The van der Waals surface area contributed by atoms with E-state index in [0.29, 0.717) is 0 Å². The maximum atomic E-state index is 9.39. The maximum absolute atomic E-state index is 9.39. The van der Waals surface area contributed by atoms with Crippen LogP contribution in [0.15, 0.2) is 31.0 Å². The number of hydrogen-bond donors (Lipinski definition) is 1. The highest BCUT2D eigenvalue weighted by Crippen LogP contribution is 2.16. The smallest absolute Gasteiger partial charge is 0.128 e. The minimum absolute atomic E-state index is 0.450. The van der Waals surface area contributed by atoms with Gasteiger partial charge in [-0.15, -0.1) is 6.58 Å². The Morgan fingerprint density at radius 2 is 2.43 bits per heavy atom. The Morgan fingerprint density at radius 3 is 3.00 bits per heavy atom. The molecule has 0 fully saturated rings. The fourth-order valence-electron chi connectivity index (χ4n) is 1.19.